The van der Waals surface area contributed by atoms with Crippen LogP contribution in [0.1, 0.15) is 30.0 Å². The summed E-state index contributed by atoms with van der Waals surface area (Å²) < 4.78 is 2.31. The maximum atomic E-state index is 6.01. The van der Waals surface area contributed by atoms with E-state index in [9.17, 15) is 0 Å². The molecule has 0 aliphatic rings. The second kappa shape index (κ2) is 8.79. The zero-order valence-electron chi connectivity index (χ0n) is 15.4. The van der Waals surface area contributed by atoms with E-state index in [-0.39, 0.29) is 4.75 Å². The third kappa shape index (κ3) is 5.65. The summed E-state index contributed by atoms with van der Waals surface area (Å²) in [6, 6.07) is 17.1. The van der Waals surface area contributed by atoms with Crippen LogP contribution in [0.25, 0.3) is 0 Å². The molecule has 3 rings (SSSR count). The summed E-state index contributed by atoms with van der Waals surface area (Å²) in [7, 11) is 0. The number of imidazole rings is 1. The SMILES string of the molecule is Cc1ccc(CCC(C)(Cn2ccnc2)SCc2ccc(Cl)cc2)cc1. The predicted molar refractivity (Wildman–Crippen MR) is 113 cm³/mol. The maximum Gasteiger partial charge on any atom is 0.0946 e. The van der Waals surface area contributed by atoms with Gasteiger partial charge in [0.05, 0.1) is 6.33 Å². The van der Waals surface area contributed by atoms with Gasteiger partial charge in [-0.15, -0.1) is 11.8 Å². The van der Waals surface area contributed by atoms with Crippen LogP contribution in [-0.2, 0) is 18.7 Å². The molecule has 2 aromatic carbocycles. The molecule has 0 aliphatic carbocycles. The molecule has 0 spiro atoms. The van der Waals surface area contributed by atoms with E-state index in [2.05, 4.69) is 59.8 Å². The van der Waals surface area contributed by atoms with Gasteiger partial charge in [-0.2, -0.15) is 0 Å². The molecule has 1 aromatic heterocycles. The molecule has 0 N–H and O–H groups in total. The lowest BCUT2D eigenvalue weighted by Crippen LogP contribution is -2.27. The first-order valence-corrected chi connectivity index (χ1v) is 10.3. The van der Waals surface area contributed by atoms with Crippen LogP contribution in [0, 0.1) is 6.92 Å². The Labute approximate surface area is 165 Å². The van der Waals surface area contributed by atoms with Crippen molar-refractivity contribution in [3.05, 3.63) is 89.0 Å². The van der Waals surface area contributed by atoms with Crippen molar-refractivity contribution in [1.82, 2.24) is 9.55 Å². The van der Waals surface area contributed by atoms with Crippen LogP contribution in [0.3, 0.4) is 0 Å². The fourth-order valence-electron chi connectivity index (χ4n) is 2.97. The van der Waals surface area contributed by atoms with Crippen LogP contribution in [0.4, 0.5) is 0 Å². The smallest absolute Gasteiger partial charge is 0.0946 e. The Morgan fingerprint density at radius 2 is 1.73 bits per heavy atom. The van der Waals surface area contributed by atoms with Gasteiger partial charge in [-0.05, 0) is 49.9 Å². The molecule has 0 saturated carbocycles. The zero-order valence-corrected chi connectivity index (χ0v) is 16.9. The highest BCUT2D eigenvalue weighted by atomic mass is 35.5. The number of benzene rings is 2. The van der Waals surface area contributed by atoms with Crippen molar-refractivity contribution in [2.24, 2.45) is 0 Å². The second-order valence-electron chi connectivity index (χ2n) is 7.09. The Balaban J connectivity index is 1.68. The summed E-state index contributed by atoms with van der Waals surface area (Å²) in [5.74, 6) is 0.982. The van der Waals surface area contributed by atoms with Crippen LogP contribution in [0.5, 0.6) is 0 Å². The molecule has 0 saturated heterocycles. The maximum absolute atomic E-state index is 6.01. The van der Waals surface area contributed by atoms with E-state index in [1.807, 2.05) is 42.6 Å². The molecule has 0 bridgehead atoms. The highest BCUT2D eigenvalue weighted by Crippen LogP contribution is 2.35. The number of nitrogens with zero attached hydrogens (tertiary/aromatic N) is 2. The number of aryl methyl sites for hydroxylation is 2. The molecular weight excluding hydrogens is 360 g/mol. The fraction of sp³-hybridized carbons (Fsp3) is 0.318. The summed E-state index contributed by atoms with van der Waals surface area (Å²) in [4.78, 5) is 4.20. The van der Waals surface area contributed by atoms with Crippen LogP contribution < -0.4 is 0 Å². The fourth-order valence-corrected chi connectivity index (χ4v) is 4.29. The molecule has 0 amide bonds. The third-order valence-electron chi connectivity index (χ3n) is 4.64. The van der Waals surface area contributed by atoms with Gasteiger partial charge >= 0.3 is 0 Å². The monoisotopic (exact) mass is 384 g/mol. The summed E-state index contributed by atoms with van der Waals surface area (Å²) in [5, 5.41) is 0.791. The van der Waals surface area contributed by atoms with Crippen LogP contribution >= 0.6 is 23.4 Å². The molecule has 4 heteroatoms. The summed E-state index contributed by atoms with van der Waals surface area (Å²) in [6.45, 7) is 5.45. The van der Waals surface area contributed by atoms with Gasteiger partial charge in [0.25, 0.3) is 0 Å². The normalized spacial score (nSPS) is 13.5. The van der Waals surface area contributed by atoms with Crippen LogP contribution in [0.2, 0.25) is 5.02 Å². The van der Waals surface area contributed by atoms with Crippen molar-refractivity contribution in [3.8, 4) is 0 Å². The van der Waals surface area contributed by atoms with E-state index in [0.717, 1.165) is 30.2 Å². The first-order valence-electron chi connectivity index (χ1n) is 8.92. The molecule has 1 heterocycles. The lowest BCUT2D eigenvalue weighted by atomic mass is 9.99. The van der Waals surface area contributed by atoms with Crippen molar-refractivity contribution in [2.45, 2.75) is 43.7 Å². The lowest BCUT2D eigenvalue weighted by molar-refractivity contribution is 0.495. The van der Waals surface area contributed by atoms with Crippen molar-refractivity contribution in [3.63, 3.8) is 0 Å². The highest BCUT2D eigenvalue weighted by Gasteiger charge is 2.25. The van der Waals surface area contributed by atoms with E-state index in [0.29, 0.717) is 0 Å². The van der Waals surface area contributed by atoms with Crippen molar-refractivity contribution in [2.75, 3.05) is 0 Å². The van der Waals surface area contributed by atoms with Crippen molar-refractivity contribution < 1.29 is 0 Å². The quantitative estimate of drug-likeness (QED) is 0.462. The molecule has 1 unspecified atom stereocenters. The molecule has 3 aromatic rings. The van der Waals surface area contributed by atoms with Crippen LogP contribution in [-0.4, -0.2) is 14.3 Å². The molecule has 0 aliphatic heterocycles. The first-order chi connectivity index (χ1) is 12.5. The Hall–Kier alpha value is -1.71. The number of thioether (sulfide) groups is 1. The molecule has 0 fully saturated rings. The van der Waals surface area contributed by atoms with E-state index in [1.165, 1.54) is 16.7 Å². The van der Waals surface area contributed by atoms with Gasteiger partial charge in [-0.1, -0.05) is 53.6 Å². The second-order valence-corrected chi connectivity index (χ2v) is 9.09. The van der Waals surface area contributed by atoms with Crippen molar-refractivity contribution in [1.29, 1.82) is 0 Å². The Kier molecular flexibility index (Phi) is 6.44. The van der Waals surface area contributed by atoms with Gasteiger partial charge in [0.2, 0.25) is 0 Å². The number of hydrogen-bond acceptors (Lipinski definition) is 2. The van der Waals surface area contributed by atoms with Gasteiger partial charge in [-0.25, -0.2) is 4.98 Å². The Morgan fingerprint density at radius 3 is 2.38 bits per heavy atom. The highest BCUT2D eigenvalue weighted by molar-refractivity contribution is 7.99. The van der Waals surface area contributed by atoms with E-state index in [1.54, 1.807) is 0 Å². The Bertz CT molecular complexity index is 746. The standard InChI is InChI=1S/C22H25ClN2S/c1-18-3-5-19(6-4-18)11-12-22(2,16-25-14-13-24-17-25)26-15-20-7-9-21(23)10-8-20/h3-10,13-14,17H,11-12,15-16H2,1-2H3. The average Bonchev–Trinajstić information content (AvgIpc) is 3.14. The van der Waals surface area contributed by atoms with Gasteiger partial charge in [0.15, 0.2) is 0 Å². The molecule has 136 valence electrons. The van der Waals surface area contributed by atoms with Gasteiger partial charge < -0.3 is 4.57 Å². The summed E-state index contributed by atoms with van der Waals surface area (Å²) in [5.41, 5.74) is 4.03. The Morgan fingerprint density at radius 1 is 1.04 bits per heavy atom. The number of aromatic nitrogens is 2. The van der Waals surface area contributed by atoms with E-state index >= 15 is 0 Å². The molecule has 26 heavy (non-hydrogen) atoms. The van der Waals surface area contributed by atoms with Gasteiger partial charge in [0, 0.05) is 34.5 Å². The predicted octanol–water partition coefficient (Wildman–Crippen LogP) is 6.17. The zero-order chi connectivity index (χ0) is 18.4. The largest absolute Gasteiger partial charge is 0.336 e. The molecule has 2 nitrogen and oxygen atoms in total. The average molecular weight is 385 g/mol. The van der Waals surface area contributed by atoms with Gasteiger partial charge in [-0.3, -0.25) is 0 Å². The number of hydrogen-bond donors (Lipinski definition) is 0. The molecular formula is C22H25ClN2S. The minimum atomic E-state index is 0.130. The lowest BCUT2D eigenvalue weighted by Gasteiger charge is -2.30. The summed E-state index contributed by atoms with van der Waals surface area (Å²) in [6.07, 6.45) is 8.01. The van der Waals surface area contributed by atoms with E-state index < -0.39 is 0 Å². The number of rotatable bonds is 8. The van der Waals surface area contributed by atoms with Crippen molar-refractivity contribution >= 4 is 23.4 Å². The molecule has 0 radical (unpaired) electrons. The van der Waals surface area contributed by atoms with Gasteiger partial charge in [0.1, 0.15) is 0 Å². The molecule has 1 atom stereocenters. The van der Waals surface area contributed by atoms with Crippen LogP contribution in [0.15, 0.2) is 67.3 Å². The summed E-state index contributed by atoms with van der Waals surface area (Å²) >= 11 is 8.02. The minimum absolute atomic E-state index is 0.130. The number of halogens is 1. The van der Waals surface area contributed by atoms with E-state index in [4.69, 9.17) is 11.6 Å². The minimum Gasteiger partial charge on any atom is -0.336 e. The first kappa shape index (κ1) is 19.1. The third-order valence-corrected chi connectivity index (χ3v) is 6.40. The topological polar surface area (TPSA) is 17.8 Å².